The van der Waals surface area contributed by atoms with Gasteiger partial charge in [-0.15, -0.1) is 11.3 Å². The molecule has 2 heterocycles. The van der Waals surface area contributed by atoms with Crippen molar-refractivity contribution in [1.82, 2.24) is 4.98 Å². The SMILES string of the molecule is COc1ccc2nc(NC(=O)c3cccc(CCc4cccs4)c3)sc2c1. The van der Waals surface area contributed by atoms with Gasteiger partial charge in [-0.25, -0.2) is 4.98 Å². The van der Waals surface area contributed by atoms with Crippen LogP contribution in [0.2, 0.25) is 0 Å². The minimum atomic E-state index is -0.140. The van der Waals surface area contributed by atoms with E-state index in [0.29, 0.717) is 10.7 Å². The largest absolute Gasteiger partial charge is 0.497 e. The van der Waals surface area contributed by atoms with Crippen LogP contribution in [0.3, 0.4) is 0 Å². The van der Waals surface area contributed by atoms with Gasteiger partial charge in [0.1, 0.15) is 5.75 Å². The van der Waals surface area contributed by atoms with Crippen LogP contribution in [0.4, 0.5) is 5.13 Å². The van der Waals surface area contributed by atoms with Crippen LogP contribution in [-0.4, -0.2) is 18.0 Å². The Morgan fingerprint density at radius 1 is 1.11 bits per heavy atom. The summed E-state index contributed by atoms with van der Waals surface area (Å²) in [5.41, 5.74) is 2.65. The van der Waals surface area contributed by atoms with Gasteiger partial charge in [-0.2, -0.15) is 0 Å². The number of methoxy groups -OCH3 is 1. The van der Waals surface area contributed by atoms with Gasteiger partial charge in [-0.05, 0) is 60.2 Å². The maximum absolute atomic E-state index is 12.6. The first-order chi connectivity index (χ1) is 13.2. The highest BCUT2D eigenvalue weighted by Crippen LogP contribution is 2.29. The number of nitrogens with zero attached hydrogens (tertiary/aromatic N) is 1. The molecule has 0 saturated carbocycles. The minimum Gasteiger partial charge on any atom is -0.497 e. The average molecular weight is 395 g/mol. The van der Waals surface area contributed by atoms with Crippen LogP contribution >= 0.6 is 22.7 Å². The smallest absolute Gasteiger partial charge is 0.257 e. The Morgan fingerprint density at radius 2 is 2.04 bits per heavy atom. The summed E-state index contributed by atoms with van der Waals surface area (Å²) in [5.74, 6) is 0.640. The summed E-state index contributed by atoms with van der Waals surface area (Å²) in [6.45, 7) is 0. The summed E-state index contributed by atoms with van der Waals surface area (Å²) in [6.07, 6.45) is 1.91. The number of aryl methyl sites for hydroxylation is 2. The molecule has 0 spiro atoms. The van der Waals surface area contributed by atoms with E-state index in [0.717, 1.165) is 34.4 Å². The number of thiophene rings is 1. The van der Waals surface area contributed by atoms with E-state index >= 15 is 0 Å². The fourth-order valence-electron chi connectivity index (χ4n) is 2.85. The number of hydrogen-bond acceptors (Lipinski definition) is 5. The number of nitrogens with one attached hydrogen (secondary N) is 1. The molecule has 6 heteroatoms. The molecule has 4 rings (SSSR count). The quantitative estimate of drug-likeness (QED) is 0.476. The highest BCUT2D eigenvalue weighted by molar-refractivity contribution is 7.22. The highest BCUT2D eigenvalue weighted by Gasteiger charge is 2.11. The van der Waals surface area contributed by atoms with Crippen LogP contribution < -0.4 is 10.1 Å². The van der Waals surface area contributed by atoms with Gasteiger partial charge in [-0.3, -0.25) is 10.1 Å². The lowest BCUT2D eigenvalue weighted by atomic mass is 10.1. The first-order valence-corrected chi connectivity index (χ1v) is 10.3. The molecule has 4 aromatic rings. The van der Waals surface area contributed by atoms with Gasteiger partial charge >= 0.3 is 0 Å². The molecule has 0 aliphatic heterocycles. The summed E-state index contributed by atoms with van der Waals surface area (Å²) in [5, 5.41) is 5.59. The number of carbonyl (C=O) groups excluding carboxylic acids is 1. The molecule has 0 fully saturated rings. The number of amides is 1. The van der Waals surface area contributed by atoms with E-state index in [1.54, 1.807) is 18.4 Å². The summed E-state index contributed by atoms with van der Waals surface area (Å²) in [4.78, 5) is 18.5. The minimum absolute atomic E-state index is 0.140. The van der Waals surface area contributed by atoms with Crippen molar-refractivity contribution in [2.75, 3.05) is 12.4 Å². The Balaban J connectivity index is 1.47. The van der Waals surface area contributed by atoms with Gasteiger partial charge < -0.3 is 4.74 Å². The van der Waals surface area contributed by atoms with Crippen molar-refractivity contribution in [3.05, 3.63) is 76.0 Å². The molecule has 0 aliphatic carbocycles. The Morgan fingerprint density at radius 3 is 2.85 bits per heavy atom. The third-order valence-electron chi connectivity index (χ3n) is 4.25. The van der Waals surface area contributed by atoms with E-state index < -0.39 is 0 Å². The number of hydrogen-bond donors (Lipinski definition) is 1. The van der Waals surface area contributed by atoms with Crippen LogP contribution in [0.1, 0.15) is 20.8 Å². The number of fused-ring (bicyclic) bond motifs is 1. The Hall–Kier alpha value is -2.70. The van der Waals surface area contributed by atoms with Crippen LogP contribution in [0.15, 0.2) is 60.0 Å². The van der Waals surface area contributed by atoms with Crippen molar-refractivity contribution >= 4 is 43.9 Å². The second-order valence-electron chi connectivity index (χ2n) is 6.09. The van der Waals surface area contributed by atoms with Gasteiger partial charge in [0.05, 0.1) is 17.3 Å². The number of anilines is 1. The van der Waals surface area contributed by atoms with Gasteiger partial charge in [-0.1, -0.05) is 29.5 Å². The molecule has 0 unspecified atom stereocenters. The molecular weight excluding hydrogens is 376 g/mol. The topological polar surface area (TPSA) is 51.2 Å². The number of carbonyl (C=O) groups is 1. The Bertz CT molecular complexity index is 1070. The van der Waals surface area contributed by atoms with E-state index in [4.69, 9.17) is 4.74 Å². The lowest BCUT2D eigenvalue weighted by Gasteiger charge is -2.05. The lowest BCUT2D eigenvalue weighted by molar-refractivity contribution is 0.102. The molecule has 0 aliphatic rings. The standard InChI is InChI=1S/C21H18N2O2S2/c1-25-16-8-10-18-19(13-16)27-21(22-18)23-20(24)15-5-2-4-14(12-15)7-9-17-6-3-11-26-17/h2-6,8,10-13H,7,9H2,1H3,(H,22,23,24). The van der Waals surface area contributed by atoms with Gasteiger partial charge in [0, 0.05) is 10.4 Å². The maximum atomic E-state index is 12.6. The molecule has 0 saturated heterocycles. The van der Waals surface area contributed by atoms with Crippen LogP contribution in [0.25, 0.3) is 10.2 Å². The monoisotopic (exact) mass is 394 g/mol. The zero-order valence-electron chi connectivity index (χ0n) is 14.8. The first kappa shape index (κ1) is 17.7. The molecule has 0 radical (unpaired) electrons. The van der Waals surface area contributed by atoms with Crippen LogP contribution in [0, 0.1) is 0 Å². The second kappa shape index (κ2) is 7.90. The average Bonchev–Trinajstić information content (AvgIpc) is 3.35. The van der Waals surface area contributed by atoms with Crippen molar-refractivity contribution in [2.24, 2.45) is 0 Å². The van der Waals surface area contributed by atoms with Crippen molar-refractivity contribution in [1.29, 1.82) is 0 Å². The number of aromatic nitrogens is 1. The van der Waals surface area contributed by atoms with E-state index in [2.05, 4.69) is 33.9 Å². The summed E-state index contributed by atoms with van der Waals surface area (Å²) >= 11 is 3.20. The predicted octanol–water partition coefficient (Wildman–Crippen LogP) is 5.40. The summed E-state index contributed by atoms with van der Waals surface area (Å²) in [6, 6.07) is 17.7. The molecule has 0 bridgehead atoms. The van der Waals surface area contributed by atoms with Gasteiger partial charge in [0.25, 0.3) is 5.91 Å². The lowest BCUT2D eigenvalue weighted by Crippen LogP contribution is -2.12. The summed E-state index contributed by atoms with van der Waals surface area (Å²) < 4.78 is 6.22. The molecule has 2 aromatic carbocycles. The molecule has 1 N–H and O–H groups in total. The van der Waals surface area contributed by atoms with Gasteiger partial charge in [0.15, 0.2) is 5.13 Å². The van der Waals surface area contributed by atoms with Crippen LogP contribution in [0.5, 0.6) is 5.75 Å². The third-order valence-corrected chi connectivity index (χ3v) is 6.12. The van der Waals surface area contributed by atoms with E-state index in [1.807, 2.05) is 36.4 Å². The van der Waals surface area contributed by atoms with E-state index in [-0.39, 0.29) is 5.91 Å². The zero-order valence-corrected chi connectivity index (χ0v) is 16.4. The fourth-order valence-corrected chi connectivity index (χ4v) is 4.44. The molecular formula is C21H18N2O2S2. The maximum Gasteiger partial charge on any atom is 0.257 e. The van der Waals surface area contributed by atoms with Crippen LogP contribution in [-0.2, 0) is 12.8 Å². The van der Waals surface area contributed by atoms with Crippen molar-refractivity contribution in [2.45, 2.75) is 12.8 Å². The highest BCUT2D eigenvalue weighted by atomic mass is 32.1. The molecule has 27 heavy (non-hydrogen) atoms. The van der Waals surface area contributed by atoms with E-state index in [9.17, 15) is 4.79 Å². The van der Waals surface area contributed by atoms with Gasteiger partial charge in [0.2, 0.25) is 0 Å². The normalized spacial score (nSPS) is 10.9. The first-order valence-electron chi connectivity index (χ1n) is 8.58. The molecule has 1 amide bonds. The number of benzene rings is 2. The van der Waals surface area contributed by atoms with Crippen molar-refractivity contribution in [3.63, 3.8) is 0 Å². The van der Waals surface area contributed by atoms with E-state index in [1.165, 1.54) is 16.2 Å². The molecule has 136 valence electrons. The molecule has 0 atom stereocenters. The fraction of sp³-hybridized carbons (Fsp3) is 0.143. The van der Waals surface area contributed by atoms with Crippen molar-refractivity contribution < 1.29 is 9.53 Å². The number of thiazole rings is 1. The predicted molar refractivity (Wildman–Crippen MR) is 112 cm³/mol. The molecule has 4 nitrogen and oxygen atoms in total. The Labute approximate surface area is 165 Å². The third kappa shape index (κ3) is 4.18. The molecule has 2 aromatic heterocycles. The zero-order chi connectivity index (χ0) is 18.6. The second-order valence-corrected chi connectivity index (χ2v) is 8.15. The number of rotatable bonds is 6. The van der Waals surface area contributed by atoms with Crippen molar-refractivity contribution in [3.8, 4) is 5.75 Å². The Kier molecular flexibility index (Phi) is 5.18. The summed E-state index contributed by atoms with van der Waals surface area (Å²) in [7, 11) is 1.64. The number of ether oxygens (including phenoxy) is 1.